The van der Waals surface area contributed by atoms with Crippen LogP contribution in [0.1, 0.15) is 23.7 Å². The number of nitrogens with one attached hydrogen (secondary N) is 1. The maximum Gasteiger partial charge on any atom is 0.416 e. The van der Waals surface area contributed by atoms with Crippen LogP contribution >= 0.6 is 0 Å². The van der Waals surface area contributed by atoms with Crippen LogP contribution in [0.4, 0.5) is 13.2 Å². The van der Waals surface area contributed by atoms with Crippen LogP contribution in [0.25, 0.3) is 0 Å². The Kier molecular flexibility index (Phi) is 5.13. The van der Waals surface area contributed by atoms with Gasteiger partial charge in [0.05, 0.1) is 11.7 Å². The van der Waals surface area contributed by atoms with Crippen molar-refractivity contribution in [2.24, 2.45) is 0 Å². The van der Waals surface area contributed by atoms with Crippen molar-refractivity contribution < 1.29 is 23.4 Å². The van der Waals surface area contributed by atoms with Gasteiger partial charge in [-0.15, -0.1) is 0 Å². The Balaban J connectivity index is 2.95. The number of rotatable bonds is 5. The normalized spacial score (nSPS) is 15.4. The summed E-state index contributed by atoms with van der Waals surface area (Å²) in [5.74, 6) is 0. The van der Waals surface area contributed by atoms with Gasteiger partial charge in [0.15, 0.2) is 0 Å². The third-order valence-electron chi connectivity index (χ3n) is 2.64. The predicted octanol–water partition coefficient (Wildman–Crippen LogP) is 1.71. The van der Waals surface area contributed by atoms with E-state index in [4.69, 9.17) is 0 Å². The average Bonchev–Trinajstić information content (AvgIpc) is 2.34. The van der Waals surface area contributed by atoms with E-state index in [2.05, 4.69) is 5.32 Å². The quantitative estimate of drug-likeness (QED) is 0.758. The molecule has 0 radical (unpaired) electrons. The molecular weight excluding hydrogens is 247 g/mol. The van der Waals surface area contributed by atoms with Crippen LogP contribution < -0.4 is 5.32 Å². The molecule has 1 aromatic rings. The lowest BCUT2D eigenvalue weighted by Crippen LogP contribution is -2.25. The van der Waals surface area contributed by atoms with Crippen LogP contribution in [-0.2, 0) is 6.18 Å². The van der Waals surface area contributed by atoms with Gasteiger partial charge < -0.3 is 15.5 Å². The van der Waals surface area contributed by atoms with Crippen LogP contribution in [-0.4, -0.2) is 29.9 Å². The molecule has 3 N–H and O–H groups in total. The first-order valence-corrected chi connectivity index (χ1v) is 5.54. The summed E-state index contributed by atoms with van der Waals surface area (Å²) < 4.78 is 38.2. The van der Waals surface area contributed by atoms with Crippen molar-refractivity contribution in [3.05, 3.63) is 35.4 Å². The Bertz CT molecular complexity index is 382. The molecule has 102 valence electrons. The van der Waals surface area contributed by atoms with E-state index in [1.54, 1.807) is 7.05 Å². The van der Waals surface area contributed by atoms with E-state index >= 15 is 0 Å². The second kappa shape index (κ2) is 6.17. The predicted molar refractivity (Wildman–Crippen MR) is 61.0 cm³/mol. The second-order valence-electron chi connectivity index (χ2n) is 3.99. The summed E-state index contributed by atoms with van der Waals surface area (Å²) in [5.41, 5.74) is -1.21. The highest BCUT2D eigenvalue weighted by molar-refractivity contribution is 5.32. The number of aliphatic hydroxyl groups excluding tert-OH is 2. The van der Waals surface area contributed by atoms with Crippen LogP contribution in [0.3, 0.4) is 0 Å². The summed E-state index contributed by atoms with van der Waals surface area (Å²) in [5, 5.41) is 22.2. The lowest BCUT2D eigenvalue weighted by molar-refractivity contribution is -0.140. The first-order chi connectivity index (χ1) is 8.38. The van der Waals surface area contributed by atoms with Crippen LogP contribution in [0, 0.1) is 0 Å². The van der Waals surface area contributed by atoms with E-state index in [0.29, 0.717) is 6.54 Å². The van der Waals surface area contributed by atoms with Gasteiger partial charge in [0, 0.05) is 0 Å². The Labute approximate surface area is 103 Å². The fourth-order valence-electron chi connectivity index (χ4n) is 1.67. The van der Waals surface area contributed by atoms with Gasteiger partial charge in [-0.05, 0) is 31.6 Å². The van der Waals surface area contributed by atoms with E-state index in [-0.39, 0.29) is 12.0 Å². The fourth-order valence-corrected chi connectivity index (χ4v) is 1.67. The molecule has 0 saturated carbocycles. The van der Waals surface area contributed by atoms with Crippen molar-refractivity contribution in [3.8, 4) is 0 Å². The van der Waals surface area contributed by atoms with Gasteiger partial charge in [0.25, 0.3) is 0 Å². The van der Waals surface area contributed by atoms with Crippen molar-refractivity contribution in [3.63, 3.8) is 0 Å². The molecule has 18 heavy (non-hydrogen) atoms. The van der Waals surface area contributed by atoms with Crippen molar-refractivity contribution in [2.75, 3.05) is 13.6 Å². The van der Waals surface area contributed by atoms with Crippen molar-refractivity contribution in [1.82, 2.24) is 5.32 Å². The molecule has 0 aromatic heterocycles. The maximum absolute atomic E-state index is 12.7. The zero-order valence-corrected chi connectivity index (χ0v) is 9.91. The molecule has 0 fully saturated rings. The molecular formula is C12H16F3NO2. The highest BCUT2D eigenvalue weighted by Gasteiger charge is 2.35. The first-order valence-electron chi connectivity index (χ1n) is 5.54. The third kappa shape index (κ3) is 3.69. The van der Waals surface area contributed by atoms with Crippen LogP contribution in [0.5, 0.6) is 0 Å². The molecule has 0 spiro atoms. The standard InChI is InChI=1S/C12H16F3NO2/c1-16-7-6-10(17)11(18)8-4-2-3-5-9(8)12(13,14)15/h2-5,10-11,16-18H,6-7H2,1H3. The van der Waals surface area contributed by atoms with Crippen molar-refractivity contribution >= 4 is 0 Å². The molecule has 1 aromatic carbocycles. The monoisotopic (exact) mass is 263 g/mol. The lowest BCUT2D eigenvalue weighted by atomic mass is 9.97. The van der Waals surface area contributed by atoms with E-state index in [1.807, 2.05) is 0 Å². The Hall–Kier alpha value is -1.11. The summed E-state index contributed by atoms with van der Waals surface area (Å²) in [7, 11) is 1.66. The van der Waals surface area contributed by atoms with Crippen LogP contribution in [0.2, 0.25) is 0 Å². The van der Waals surface area contributed by atoms with E-state index < -0.39 is 23.9 Å². The highest BCUT2D eigenvalue weighted by atomic mass is 19.4. The molecule has 0 aliphatic heterocycles. The first kappa shape index (κ1) is 14.9. The van der Waals surface area contributed by atoms with E-state index in [0.717, 1.165) is 6.07 Å². The van der Waals surface area contributed by atoms with Crippen molar-refractivity contribution in [2.45, 2.75) is 24.8 Å². The summed E-state index contributed by atoms with van der Waals surface area (Å²) in [4.78, 5) is 0. The zero-order valence-electron chi connectivity index (χ0n) is 9.91. The third-order valence-corrected chi connectivity index (χ3v) is 2.64. The largest absolute Gasteiger partial charge is 0.416 e. The van der Waals surface area contributed by atoms with Gasteiger partial charge in [0.2, 0.25) is 0 Å². The number of hydrogen-bond donors (Lipinski definition) is 3. The molecule has 2 atom stereocenters. The maximum atomic E-state index is 12.7. The molecule has 0 aliphatic carbocycles. The van der Waals surface area contributed by atoms with Gasteiger partial charge >= 0.3 is 6.18 Å². The fraction of sp³-hybridized carbons (Fsp3) is 0.500. The summed E-state index contributed by atoms with van der Waals surface area (Å²) >= 11 is 0. The topological polar surface area (TPSA) is 52.5 Å². The van der Waals surface area contributed by atoms with Crippen LogP contribution in [0.15, 0.2) is 24.3 Å². The number of aliphatic hydroxyl groups is 2. The average molecular weight is 263 g/mol. The van der Waals surface area contributed by atoms with E-state index in [9.17, 15) is 23.4 Å². The zero-order chi connectivity index (χ0) is 13.8. The smallest absolute Gasteiger partial charge is 0.390 e. The Morgan fingerprint density at radius 2 is 1.83 bits per heavy atom. The van der Waals surface area contributed by atoms with Gasteiger partial charge in [-0.25, -0.2) is 0 Å². The minimum atomic E-state index is -4.54. The lowest BCUT2D eigenvalue weighted by Gasteiger charge is -2.21. The van der Waals surface area contributed by atoms with E-state index in [1.165, 1.54) is 18.2 Å². The van der Waals surface area contributed by atoms with Gasteiger partial charge in [-0.2, -0.15) is 13.2 Å². The molecule has 1 rings (SSSR count). The Morgan fingerprint density at radius 1 is 1.22 bits per heavy atom. The molecule has 0 amide bonds. The van der Waals surface area contributed by atoms with Gasteiger partial charge in [-0.3, -0.25) is 0 Å². The Morgan fingerprint density at radius 3 is 2.39 bits per heavy atom. The van der Waals surface area contributed by atoms with Gasteiger partial charge in [-0.1, -0.05) is 18.2 Å². The molecule has 0 bridgehead atoms. The number of hydrogen-bond acceptors (Lipinski definition) is 3. The summed E-state index contributed by atoms with van der Waals surface area (Å²) in [6, 6.07) is 4.72. The highest BCUT2D eigenvalue weighted by Crippen LogP contribution is 2.35. The summed E-state index contributed by atoms with van der Waals surface area (Å²) in [6.45, 7) is 0.409. The molecule has 0 saturated heterocycles. The van der Waals surface area contributed by atoms with Crippen molar-refractivity contribution in [1.29, 1.82) is 0 Å². The molecule has 2 unspecified atom stereocenters. The number of halogens is 3. The second-order valence-corrected chi connectivity index (χ2v) is 3.99. The minimum Gasteiger partial charge on any atom is -0.390 e. The molecule has 0 heterocycles. The molecule has 3 nitrogen and oxygen atoms in total. The molecule has 0 aliphatic rings. The minimum absolute atomic E-state index is 0.170. The SMILES string of the molecule is CNCCC(O)C(O)c1ccccc1C(F)(F)F. The number of alkyl halides is 3. The number of benzene rings is 1. The van der Waals surface area contributed by atoms with Gasteiger partial charge in [0.1, 0.15) is 6.10 Å². The summed E-state index contributed by atoms with van der Waals surface area (Å²) in [6.07, 6.45) is -7.15. The molecule has 6 heteroatoms.